The molecule has 0 aromatic heterocycles. The minimum absolute atomic E-state index is 0.0820. The molecular weight excluding hydrogens is 266 g/mol. The second-order valence-electron chi connectivity index (χ2n) is 4.59. The van der Waals surface area contributed by atoms with Crippen LogP contribution >= 0.6 is 0 Å². The summed E-state index contributed by atoms with van der Waals surface area (Å²) in [5, 5.41) is 12.3. The van der Waals surface area contributed by atoms with Crippen LogP contribution in [0, 0.1) is 0 Å². The van der Waals surface area contributed by atoms with Crippen molar-refractivity contribution in [1.82, 2.24) is 0 Å². The Balaban J connectivity index is 2.06. The largest absolute Gasteiger partial charge is 0.508 e. The van der Waals surface area contributed by atoms with Crippen LogP contribution in [-0.4, -0.2) is 18.0 Å². The second-order valence-corrected chi connectivity index (χ2v) is 4.59. The van der Waals surface area contributed by atoms with Crippen molar-refractivity contribution < 1.29 is 14.6 Å². The van der Waals surface area contributed by atoms with Crippen molar-refractivity contribution in [1.29, 1.82) is 0 Å². The third kappa shape index (κ3) is 4.11. The molecule has 0 amide bonds. The number of ketones is 1. The average molecular weight is 283 g/mol. The van der Waals surface area contributed by atoms with Crippen molar-refractivity contribution in [3.63, 3.8) is 0 Å². The van der Waals surface area contributed by atoms with Crippen LogP contribution in [0.15, 0.2) is 60.3 Å². The summed E-state index contributed by atoms with van der Waals surface area (Å²) in [6.07, 6.45) is 1.54. The van der Waals surface area contributed by atoms with E-state index < -0.39 is 0 Å². The van der Waals surface area contributed by atoms with Crippen molar-refractivity contribution in [2.45, 2.75) is 6.92 Å². The molecule has 0 unspecified atom stereocenters. The number of carbonyl (C=O) groups excluding carboxylic acids is 1. The van der Waals surface area contributed by atoms with E-state index >= 15 is 0 Å². The van der Waals surface area contributed by atoms with Gasteiger partial charge in [0.05, 0.1) is 7.11 Å². The number of aromatic hydroxyl groups is 1. The first-order chi connectivity index (χ1) is 10.1. The lowest BCUT2D eigenvalue weighted by Gasteiger charge is -2.06. The fourth-order valence-electron chi connectivity index (χ4n) is 1.84. The molecule has 2 aromatic rings. The van der Waals surface area contributed by atoms with Gasteiger partial charge in [-0.05, 0) is 55.5 Å². The summed E-state index contributed by atoms with van der Waals surface area (Å²) in [5.74, 6) is 0.840. The summed E-state index contributed by atoms with van der Waals surface area (Å²) in [4.78, 5) is 12.1. The van der Waals surface area contributed by atoms with Gasteiger partial charge in [0.25, 0.3) is 0 Å². The van der Waals surface area contributed by atoms with Gasteiger partial charge in [-0.15, -0.1) is 0 Å². The molecule has 0 radical (unpaired) electrons. The van der Waals surface area contributed by atoms with E-state index in [1.54, 1.807) is 55.6 Å². The molecule has 21 heavy (non-hydrogen) atoms. The number of ether oxygens (including phenoxy) is 1. The predicted octanol–water partition coefficient (Wildman–Crippen LogP) is 3.60. The van der Waals surface area contributed by atoms with Gasteiger partial charge >= 0.3 is 0 Å². The Kier molecular flexibility index (Phi) is 4.61. The summed E-state index contributed by atoms with van der Waals surface area (Å²) in [6.45, 7) is 1.81. The van der Waals surface area contributed by atoms with E-state index in [0.29, 0.717) is 5.56 Å². The molecule has 2 aromatic carbocycles. The highest BCUT2D eigenvalue weighted by Crippen LogP contribution is 2.16. The number of benzene rings is 2. The third-order valence-electron chi connectivity index (χ3n) is 2.93. The highest BCUT2D eigenvalue weighted by molar-refractivity contribution is 6.05. The number of phenolic OH excluding ortho intramolecular Hbond substituents is 1. The van der Waals surface area contributed by atoms with Gasteiger partial charge in [-0.1, -0.05) is 0 Å². The lowest BCUT2D eigenvalue weighted by Crippen LogP contribution is -2.01. The van der Waals surface area contributed by atoms with Crippen molar-refractivity contribution >= 4 is 11.5 Å². The molecule has 0 bridgehead atoms. The van der Waals surface area contributed by atoms with Crippen LogP contribution in [0.4, 0.5) is 5.69 Å². The van der Waals surface area contributed by atoms with Gasteiger partial charge in [-0.25, -0.2) is 0 Å². The van der Waals surface area contributed by atoms with Crippen LogP contribution in [0.3, 0.4) is 0 Å². The zero-order valence-corrected chi connectivity index (χ0v) is 12.0. The fourth-order valence-corrected chi connectivity index (χ4v) is 1.84. The van der Waals surface area contributed by atoms with Gasteiger partial charge in [-0.2, -0.15) is 0 Å². The van der Waals surface area contributed by atoms with E-state index in [9.17, 15) is 9.90 Å². The SMILES string of the molecule is COc1ccc(C(=O)/C=C(\C)Nc2ccc(O)cc2)cc1. The number of allylic oxidation sites excluding steroid dienone is 2. The molecule has 0 saturated heterocycles. The maximum atomic E-state index is 12.1. The van der Waals surface area contributed by atoms with Crippen LogP contribution in [0.1, 0.15) is 17.3 Å². The van der Waals surface area contributed by atoms with E-state index in [0.717, 1.165) is 17.1 Å². The van der Waals surface area contributed by atoms with E-state index in [-0.39, 0.29) is 11.5 Å². The quantitative estimate of drug-likeness (QED) is 0.500. The molecule has 0 aliphatic carbocycles. The lowest BCUT2D eigenvalue weighted by molar-refractivity contribution is 0.104. The molecule has 0 aliphatic rings. The molecule has 108 valence electrons. The highest BCUT2D eigenvalue weighted by atomic mass is 16.5. The van der Waals surface area contributed by atoms with E-state index in [1.165, 1.54) is 6.08 Å². The van der Waals surface area contributed by atoms with Gasteiger partial charge in [-0.3, -0.25) is 4.79 Å². The van der Waals surface area contributed by atoms with Gasteiger partial charge in [0.1, 0.15) is 11.5 Å². The van der Waals surface area contributed by atoms with Crippen LogP contribution in [-0.2, 0) is 0 Å². The van der Waals surface area contributed by atoms with Crippen LogP contribution in [0.25, 0.3) is 0 Å². The van der Waals surface area contributed by atoms with Crippen LogP contribution < -0.4 is 10.1 Å². The number of nitrogens with one attached hydrogen (secondary N) is 1. The lowest BCUT2D eigenvalue weighted by atomic mass is 10.1. The van der Waals surface area contributed by atoms with Gasteiger partial charge in [0, 0.05) is 23.0 Å². The van der Waals surface area contributed by atoms with Crippen molar-refractivity contribution in [2.75, 3.05) is 12.4 Å². The Morgan fingerprint density at radius 2 is 1.71 bits per heavy atom. The monoisotopic (exact) mass is 283 g/mol. The van der Waals surface area contributed by atoms with E-state index in [2.05, 4.69) is 5.32 Å². The first-order valence-electron chi connectivity index (χ1n) is 6.51. The number of hydrogen-bond acceptors (Lipinski definition) is 4. The van der Waals surface area contributed by atoms with Crippen LogP contribution in [0.5, 0.6) is 11.5 Å². The van der Waals surface area contributed by atoms with Crippen molar-refractivity contribution in [2.24, 2.45) is 0 Å². The number of anilines is 1. The number of phenols is 1. The van der Waals surface area contributed by atoms with E-state index in [4.69, 9.17) is 4.74 Å². The van der Waals surface area contributed by atoms with Crippen molar-refractivity contribution in [3.05, 3.63) is 65.9 Å². The minimum Gasteiger partial charge on any atom is -0.508 e. The summed E-state index contributed by atoms with van der Waals surface area (Å²) >= 11 is 0. The van der Waals surface area contributed by atoms with Crippen LogP contribution in [0.2, 0.25) is 0 Å². The summed E-state index contributed by atoms with van der Waals surface area (Å²) in [5.41, 5.74) is 2.13. The molecule has 0 spiro atoms. The first kappa shape index (κ1) is 14.7. The smallest absolute Gasteiger partial charge is 0.187 e. The van der Waals surface area contributed by atoms with E-state index in [1.807, 2.05) is 6.92 Å². The van der Waals surface area contributed by atoms with Gasteiger partial charge in [0.15, 0.2) is 5.78 Å². The number of carbonyl (C=O) groups is 1. The molecule has 4 heteroatoms. The van der Waals surface area contributed by atoms with Gasteiger partial charge in [0.2, 0.25) is 0 Å². The zero-order chi connectivity index (χ0) is 15.2. The molecule has 4 nitrogen and oxygen atoms in total. The van der Waals surface area contributed by atoms with Gasteiger partial charge < -0.3 is 15.2 Å². The molecule has 0 fully saturated rings. The number of rotatable bonds is 5. The molecule has 0 saturated carbocycles. The summed E-state index contributed by atoms with van der Waals surface area (Å²) in [6, 6.07) is 13.6. The Morgan fingerprint density at radius 1 is 1.10 bits per heavy atom. The topological polar surface area (TPSA) is 58.6 Å². The van der Waals surface area contributed by atoms with Crippen molar-refractivity contribution in [3.8, 4) is 11.5 Å². The molecule has 0 aliphatic heterocycles. The third-order valence-corrected chi connectivity index (χ3v) is 2.93. The second kappa shape index (κ2) is 6.61. The Labute approximate surface area is 123 Å². The minimum atomic E-state index is -0.0820. The molecule has 0 atom stereocenters. The zero-order valence-electron chi connectivity index (χ0n) is 12.0. The molecule has 0 heterocycles. The Hall–Kier alpha value is -2.75. The fraction of sp³-hybridized carbons (Fsp3) is 0.118. The maximum absolute atomic E-state index is 12.1. The first-order valence-corrected chi connectivity index (χ1v) is 6.51. The molecule has 2 N–H and O–H groups in total. The number of hydrogen-bond donors (Lipinski definition) is 2. The summed E-state index contributed by atoms with van der Waals surface area (Å²) < 4.78 is 5.06. The standard InChI is InChI=1S/C17H17NO3/c1-12(18-14-5-7-15(19)8-6-14)11-17(20)13-3-9-16(21-2)10-4-13/h3-11,18-19H,1-2H3/b12-11+. The highest BCUT2D eigenvalue weighted by Gasteiger charge is 2.04. The average Bonchev–Trinajstić information content (AvgIpc) is 2.49. The summed E-state index contributed by atoms with van der Waals surface area (Å²) in [7, 11) is 1.59. The molecule has 2 rings (SSSR count). The normalized spacial score (nSPS) is 11.0. The Morgan fingerprint density at radius 3 is 2.29 bits per heavy atom. The predicted molar refractivity (Wildman–Crippen MR) is 82.8 cm³/mol. The number of methoxy groups -OCH3 is 1. The maximum Gasteiger partial charge on any atom is 0.187 e. The Bertz CT molecular complexity index is 643. The molecular formula is C17H17NO3.